The Kier molecular flexibility index (Phi) is 0.917. The molecule has 10 heavy (non-hydrogen) atoms. The zero-order chi connectivity index (χ0) is 6.97. The molecular formula is C7H6N2O. The number of urea groups is 1. The fourth-order valence-electron chi connectivity index (χ4n) is 0.830. The van der Waals surface area contributed by atoms with Crippen LogP contribution < -0.4 is 10.4 Å². The first kappa shape index (κ1) is 5.29. The predicted molar refractivity (Wildman–Crippen MR) is 37.5 cm³/mol. The minimum Gasteiger partial charge on any atom is -0.244 e. The monoisotopic (exact) mass is 134 g/mol. The molecule has 50 valence electrons. The highest BCUT2D eigenvalue weighted by Crippen LogP contribution is 2.16. The summed E-state index contributed by atoms with van der Waals surface area (Å²) < 4.78 is 0. The van der Waals surface area contributed by atoms with Crippen molar-refractivity contribution in [1.82, 2.24) is 5.43 Å². The molecule has 1 aromatic rings. The molecule has 0 aromatic heterocycles. The van der Waals surface area contributed by atoms with Crippen molar-refractivity contribution in [3.8, 4) is 0 Å². The number of para-hydroxylation sites is 1. The van der Waals surface area contributed by atoms with E-state index in [0.29, 0.717) is 0 Å². The standard InChI is InChI=1S/C7H6N2O/c10-7-8-9(7)6-4-2-1-3-5-6/h1-5H,(H,8,10). The van der Waals surface area contributed by atoms with Gasteiger partial charge in [-0.2, -0.15) is 5.01 Å². The molecule has 3 nitrogen and oxygen atoms in total. The third-order valence-electron chi connectivity index (χ3n) is 1.37. The van der Waals surface area contributed by atoms with E-state index in [4.69, 9.17) is 0 Å². The lowest BCUT2D eigenvalue weighted by Gasteiger charge is -1.93. The molecule has 2 rings (SSSR count). The van der Waals surface area contributed by atoms with E-state index in [1.165, 1.54) is 5.01 Å². The summed E-state index contributed by atoms with van der Waals surface area (Å²) in [5.41, 5.74) is 3.44. The van der Waals surface area contributed by atoms with Crippen molar-refractivity contribution in [2.24, 2.45) is 0 Å². The number of hydrazine groups is 1. The molecule has 0 atom stereocenters. The molecule has 1 aliphatic heterocycles. The number of hydrogen-bond donors (Lipinski definition) is 1. The van der Waals surface area contributed by atoms with Crippen molar-refractivity contribution in [3.05, 3.63) is 30.3 Å². The van der Waals surface area contributed by atoms with Crippen LogP contribution in [0.4, 0.5) is 10.5 Å². The van der Waals surface area contributed by atoms with Crippen LogP contribution in [0.25, 0.3) is 0 Å². The van der Waals surface area contributed by atoms with Gasteiger partial charge in [-0.25, -0.2) is 10.2 Å². The number of rotatable bonds is 1. The van der Waals surface area contributed by atoms with Crippen LogP contribution in [-0.4, -0.2) is 6.03 Å². The summed E-state index contributed by atoms with van der Waals surface area (Å²) in [5.74, 6) is 0. The Labute approximate surface area is 58.2 Å². The molecule has 2 amide bonds. The largest absolute Gasteiger partial charge is 0.360 e. The number of carbonyl (C=O) groups is 1. The number of nitrogens with one attached hydrogen (secondary N) is 1. The minimum absolute atomic E-state index is 0.0359. The van der Waals surface area contributed by atoms with Crippen molar-refractivity contribution >= 4 is 11.7 Å². The first-order valence-electron chi connectivity index (χ1n) is 3.04. The molecular weight excluding hydrogens is 128 g/mol. The van der Waals surface area contributed by atoms with Gasteiger partial charge in [0, 0.05) is 0 Å². The average Bonchev–Trinajstić information content (AvgIpc) is 2.69. The molecule has 0 saturated carbocycles. The van der Waals surface area contributed by atoms with E-state index >= 15 is 0 Å². The Morgan fingerprint density at radius 2 is 1.80 bits per heavy atom. The molecule has 1 aliphatic rings. The first-order chi connectivity index (χ1) is 4.88. The van der Waals surface area contributed by atoms with Crippen LogP contribution in [0.15, 0.2) is 30.3 Å². The topological polar surface area (TPSA) is 42.0 Å². The first-order valence-corrected chi connectivity index (χ1v) is 3.04. The lowest BCUT2D eigenvalue weighted by atomic mass is 10.3. The minimum atomic E-state index is -0.0359. The Bertz CT molecular complexity index is 258. The zero-order valence-corrected chi connectivity index (χ0v) is 5.24. The lowest BCUT2D eigenvalue weighted by molar-refractivity contribution is 0.267. The number of benzene rings is 1. The normalized spacial score (nSPS) is 14.8. The van der Waals surface area contributed by atoms with Gasteiger partial charge in [0.15, 0.2) is 0 Å². The van der Waals surface area contributed by atoms with Crippen LogP contribution in [0.3, 0.4) is 0 Å². The number of hydrogen-bond acceptors (Lipinski definition) is 1. The molecule has 0 radical (unpaired) electrons. The average molecular weight is 134 g/mol. The summed E-state index contributed by atoms with van der Waals surface area (Å²) >= 11 is 0. The van der Waals surface area contributed by atoms with Crippen molar-refractivity contribution in [2.75, 3.05) is 5.01 Å². The van der Waals surface area contributed by atoms with E-state index in [-0.39, 0.29) is 6.03 Å². The fraction of sp³-hybridized carbons (Fsp3) is 0. The van der Waals surface area contributed by atoms with Crippen LogP contribution in [-0.2, 0) is 0 Å². The Balaban J connectivity index is 2.28. The molecule has 1 N–H and O–H groups in total. The second-order valence-corrected chi connectivity index (χ2v) is 2.09. The number of anilines is 1. The summed E-state index contributed by atoms with van der Waals surface area (Å²) in [6.07, 6.45) is 0. The van der Waals surface area contributed by atoms with E-state index in [0.717, 1.165) is 5.69 Å². The van der Waals surface area contributed by atoms with E-state index in [1.807, 2.05) is 30.3 Å². The fourth-order valence-corrected chi connectivity index (χ4v) is 0.830. The smallest absolute Gasteiger partial charge is 0.244 e. The van der Waals surface area contributed by atoms with Gasteiger partial charge in [0.05, 0.1) is 5.69 Å². The van der Waals surface area contributed by atoms with Crippen LogP contribution in [0.1, 0.15) is 0 Å². The maximum absolute atomic E-state index is 10.5. The number of amides is 2. The highest BCUT2D eigenvalue weighted by molar-refractivity contribution is 6.05. The van der Waals surface area contributed by atoms with E-state index < -0.39 is 0 Å². The van der Waals surface area contributed by atoms with Crippen LogP contribution in [0.5, 0.6) is 0 Å². The van der Waals surface area contributed by atoms with E-state index in [9.17, 15) is 4.79 Å². The maximum Gasteiger partial charge on any atom is 0.360 e. The summed E-state index contributed by atoms with van der Waals surface area (Å²) in [4.78, 5) is 10.5. The van der Waals surface area contributed by atoms with Gasteiger partial charge >= 0.3 is 6.03 Å². The van der Waals surface area contributed by atoms with Gasteiger partial charge in [-0.05, 0) is 12.1 Å². The number of nitrogens with zero attached hydrogens (tertiary/aromatic N) is 1. The third kappa shape index (κ3) is 0.719. The van der Waals surface area contributed by atoms with Crippen LogP contribution in [0.2, 0.25) is 0 Å². The van der Waals surface area contributed by atoms with Gasteiger partial charge in [-0.3, -0.25) is 0 Å². The van der Waals surface area contributed by atoms with Gasteiger partial charge < -0.3 is 0 Å². The van der Waals surface area contributed by atoms with E-state index in [2.05, 4.69) is 5.43 Å². The van der Waals surface area contributed by atoms with Crippen molar-refractivity contribution in [2.45, 2.75) is 0 Å². The highest BCUT2D eigenvalue weighted by atomic mass is 16.2. The van der Waals surface area contributed by atoms with Crippen molar-refractivity contribution in [3.63, 3.8) is 0 Å². The zero-order valence-electron chi connectivity index (χ0n) is 5.24. The molecule has 0 bridgehead atoms. The van der Waals surface area contributed by atoms with Gasteiger partial charge in [-0.15, -0.1) is 0 Å². The Hall–Kier alpha value is -1.51. The maximum atomic E-state index is 10.5. The van der Waals surface area contributed by atoms with Crippen LogP contribution >= 0.6 is 0 Å². The van der Waals surface area contributed by atoms with Crippen molar-refractivity contribution < 1.29 is 4.79 Å². The molecule has 1 heterocycles. The molecule has 1 saturated heterocycles. The Morgan fingerprint density at radius 3 is 2.30 bits per heavy atom. The molecule has 1 fully saturated rings. The molecule has 0 unspecified atom stereocenters. The second kappa shape index (κ2) is 1.73. The summed E-state index contributed by atoms with van der Waals surface area (Å²) in [6, 6.07) is 9.41. The lowest BCUT2D eigenvalue weighted by Crippen LogP contribution is -1.94. The van der Waals surface area contributed by atoms with Crippen LogP contribution in [0, 0.1) is 0 Å². The molecule has 0 spiro atoms. The summed E-state index contributed by atoms with van der Waals surface area (Å²) in [6.45, 7) is 0. The van der Waals surface area contributed by atoms with Gasteiger partial charge in [0.25, 0.3) is 0 Å². The van der Waals surface area contributed by atoms with E-state index in [1.54, 1.807) is 0 Å². The molecule has 1 aromatic carbocycles. The Morgan fingerprint density at radius 1 is 1.20 bits per heavy atom. The SMILES string of the molecule is O=C1NN1c1ccccc1. The molecule has 3 heteroatoms. The summed E-state index contributed by atoms with van der Waals surface area (Å²) in [5, 5.41) is 1.49. The predicted octanol–water partition coefficient (Wildman–Crippen LogP) is 1.13. The quantitative estimate of drug-likeness (QED) is 0.575. The van der Waals surface area contributed by atoms with Gasteiger partial charge in [0.1, 0.15) is 0 Å². The summed E-state index contributed by atoms with van der Waals surface area (Å²) in [7, 11) is 0. The second-order valence-electron chi connectivity index (χ2n) is 2.09. The van der Waals surface area contributed by atoms with Crippen molar-refractivity contribution in [1.29, 1.82) is 0 Å². The number of carbonyl (C=O) groups excluding carboxylic acids is 1. The van der Waals surface area contributed by atoms with Gasteiger partial charge in [0.2, 0.25) is 0 Å². The van der Waals surface area contributed by atoms with Gasteiger partial charge in [-0.1, -0.05) is 18.2 Å². The molecule has 0 aliphatic carbocycles. The third-order valence-corrected chi connectivity index (χ3v) is 1.37. The highest BCUT2D eigenvalue weighted by Gasteiger charge is 2.30.